The molecule has 3 aromatic rings. The lowest BCUT2D eigenvalue weighted by molar-refractivity contribution is -0.129. The smallest absolute Gasteiger partial charge is 0.243 e. The highest BCUT2D eigenvalue weighted by atomic mass is 16.2. The largest absolute Gasteiger partial charge is 0.273 e. The maximum Gasteiger partial charge on any atom is 0.243 e. The summed E-state index contributed by atoms with van der Waals surface area (Å²) in [4.78, 5) is 41.0. The second-order valence-electron chi connectivity index (χ2n) is 8.21. The van der Waals surface area contributed by atoms with Crippen LogP contribution < -0.4 is 4.90 Å². The summed E-state index contributed by atoms with van der Waals surface area (Å²) >= 11 is 0. The monoisotopic (exact) mass is 386 g/mol. The van der Waals surface area contributed by atoms with E-state index in [2.05, 4.69) is 15.0 Å². The van der Waals surface area contributed by atoms with Gasteiger partial charge in [0, 0.05) is 11.1 Å². The van der Waals surface area contributed by atoms with E-state index in [1.807, 2.05) is 60.7 Å². The first kappa shape index (κ1) is 18.9. The van der Waals surface area contributed by atoms with Gasteiger partial charge in [-0.3, -0.25) is 9.59 Å². The number of anilines is 1. The van der Waals surface area contributed by atoms with E-state index >= 15 is 0 Å². The summed E-state index contributed by atoms with van der Waals surface area (Å²) in [5.41, 5.74) is -0.163. The van der Waals surface area contributed by atoms with Crippen LogP contribution in [0.3, 0.4) is 0 Å². The van der Waals surface area contributed by atoms with Crippen molar-refractivity contribution >= 4 is 17.8 Å². The first-order chi connectivity index (χ1) is 13.7. The van der Waals surface area contributed by atoms with Crippen molar-refractivity contribution < 1.29 is 9.59 Å². The van der Waals surface area contributed by atoms with Crippen LogP contribution in [0.15, 0.2) is 60.7 Å². The van der Waals surface area contributed by atoms with Gasteiger partial charge in [-0.2, -0.15) is 9.97 Å². The molecule has 0 radical (unpaired) electrons. The summed E-state index contributed by atoms with van der Waals surface area (Å²) in [6.07, 6.45) is 0. The Kier molecular flexibility index (Phi) is 4.30. The molecule has 2 amide bonds. The Morgan fingerprint density at radius 3 is 1.38 bits per heavy atom. The molecular formula is C23H22N4O2. The molecule has 1 saturated heterocycles. The highest BCUT2D eigenvalue weighted by molar-refractivity contribution is 6.24. The van der Waals surface area contributed by atoms with Gasteiger partial charge < -0.3 is 0 Å². The molecule has 1 aliphatic heterocycles. The van der Waals surface area contributed by atoms with Gasteiger partial charge in [-0.25, -0.2) is 9.88 Å². The number of hydrogen-bond donors (Lipinski definition) is 0. The molecule has 4 rings (SSSR count). The normalized spacial score (nSPS) is 17.6. The van der Waals surface area contributed by atoms with E-state index in [0.717, 1.165) is 16.0 Å². The van der Waals surface area contributed by atoms with Crippen molar-refractivity contribution in [2.45, 2.75) is 27.7 Å². The van der Waals surface area contributed by atoms with Gasteiger partial charge in [-0.1, -0.05) is 60.7 Å². The minimum atomic E-state index is -0.865. The molecule has 2 aromatic carbocycles. The first-order valence-corrected chi connectivity index (χ1v) is 9.49. The predicted molar refractivity (Wildman–Crippen MR) is 111 cm³/mol. The van der Waals surface area contributed by atoms with Crippen LogP contribution >= 0.6 is 0 Å². The number of hydrogen-bond acceptors (Lipinski definition) is 5. The molecule has 2 heterocycles. The van der Waals surface area contributed by atoms with Crippen LogP contribution in [0.4, 0.5) is 5.95 Å². The highest BCUT2D eigenvalue weighted by Gasteiger charge is 2.60. The second kappa shape index (κ2) is 6.58. The van der Waals surface area contributed by atoms with Crippen molar-refractivity contribution in [1.82, 2.24) is 15.0 Å². The number of nitrogens with zero attached hydrogens (tertiary/aromatic N) is 4. The number of aromatic nitrogens is 3. The molecular weight excluding hydrogens is 364 g/mol. The first-order valence-electron chi connectivity index (χ1n) is 9.49. The minimum Gasteiger partial charge on any atom is -0.273 e. The van der Waals surface area contributed by atoms with Gasteiger partial charge in [-0.05, 0) is 27.7 Å². The lowest BCUT2D eigenvalue weighted by Gasteiger charge is -2.28. The van der Waals surface area contributed by atoms with E-state index in [1.165, 1.54) is 0 Å². The zero-order valence-corrected chi connectivity index (χ0v) is 16.9. The van der Waals surface area contributed by atoms with E-state index in [-0.39, 0.29) is 17.8 Å². The van der Waals surface area contributed by atoms with Gasteiger partial charge in [-0.15, -0.1) is 0 Å². The van der Waals surface area contributed by atoms with Gasteiger partial charge >= 0.3 is 0 Å². The number of imide groups is 1. The third-order valence-electron chi connectivity index (χ3n) is 5.93. The standard InChI is InChI=1S/C23H22N4O2/c1-22(2)19(28)27(20(29)23(22,3)4)21-25-17(15-11-7-5-8-12-15)24-18(26-21)16-13-9-6-10-14-16/h5-14H,1-4H3. The van der Waals surface area contributed by atoms with Crippen LogP contribution in [-0.2, 0) is 9.59 Å². The molecule has 0 unspecified atom stereocenters. The van der Waals surface area contributed by atoms with Gasteiger partial charge in [0.05, 0.1) is 10.8 Å². The molecule has 1 aromatic heterocycles. The molecule has 1 aliphatic rings. The SMILES string of the molecule is CC1(C)C(=O)N(c2nc(-c3ccccc3)nc(-c3ccccc3)n2)C(=O)C1(C)C. The van der Waals surface area contributed by atoms with E-state index in [1.54, 1.807) is 27.7 Å². The van der Waals surface area contributed by atoms with Crippen LogP contribution in [0, 0.1) is 10.8 Å². The van der Waals surface area contributed by atoms with Gasteiger partial charge in [0.15, 0.2) is 11.6 Å². The molecule has 0 spiro atoms. The average molecular weight is 386 g/mol. The Bertz CT molecular complexity index is 1010. The Morgan fingerprint density at radius 1 is 0.621 bits per heavy atom. The molecule has 1 fully saturated rings. The number of rotatable bonds is 3. The lowest BCUT2D eigenvalue weighted by Crippen LogP contribution is -2.35. The number of carbonyl (C=O) groups excluding carboxylic acids is 2. The van der Waals surface area contributed by atoms with Crippen LogP contribution in [0.1, 0.15) is 27.7 Å². The fourth-order valence-corrected chi connectivity index (χ4v) is 3.26. The van der Waals surface area contributed by atoms with Crippen LogP contribution in [0.5, 0.6) is 0 Å². The highest BCUT2D eigenvalue weighted by Crippen LogP contribution is 2.48. The zero-order chi connectivity index (χ0) is 20.8. The van der Waals surface area contributed by atoms with E-state index in [4.69, 9.17) is 0 Å². The maximum absolute atomic E-state index is 13.2. The van der Waals surface area contributed by atoms with Crippen LogP contribution in [-0.4, -0.2) is 26.8 Å². The molecule has 0 N–H and O–H groups in total. The van der Waals surface area contributed by atoms with Crippen LogP contribution in [0.2, 0.25) is 0 Å². The summed E-state index contributed by atoms with van der Waals surface area (Å²) in [5, 5.41) is 0. The predicted octanol–water partition coefficient (Wildman–Crippen LogP) is 4.13. The van der Waals surface area contributed by atoms with E-state index < -0.39 is 10.8 Å². The van der Waals surface area contributed by atoms with Crippen molar-refractivity contribution in [2.24, 2.45) is 10.8 Å². The molecule has 146 valence electrons. The fraction of sp³-hybridized carbons (Fsp3) is 0.261. The molecule has 6 heteroatoms. The molecule has 0 saturated carbocycles. The number of amides is 2. The summed E-state index contributed by atoms with van der Waals surface area (Å²) in [5.74, 6) is 0.273. The second-order valence-corrected chi connectivity index (χ2v) is 8.21. The molecule has 0 atom stereocenters. The van der Waals surface area contributed by atoms with Crippen molar-refractivity contribution in [2.75, 3.05) is 4.90 Å². The topological polar surface area (TPSA) is 76.1 Å². The van der Waals surface area contributed by atoms with Gasteiger partial charge in [0.2, 0.25) is 17.8 Å². The molecule has 29 heavy (non-hydrogen) atoms. The Morgan fingerprint density at radius 2 is 1.00 bits per heavy atom. The van der Waals surface area contributed by atoms with E-state index in [0.29, 0.717) is 11.6 Å². The molecule has 0 bridgehead atoms. The van der Waals surface area contributed by atoms with Crippen molar-refractivity contribution in [3.8, 4) is 22.8 Å². The molecule has 0 aliphatic carbocycles. The fourth-order valence-electron chi connectivity index (χ4n) is 3.26. The quantitative estimate of drug-likeness (QED) is 0.633. The average Bonchev–Trinajstić information content (AvgIpc) is 2.85. The Balaban J connectivity index is 1.92. The molecule has 6 nitrogen and oxygen atoms in total. The summed E-state index contributed by atoms with van der Waals surface area (Å²) in [6.45, 7) is 7.13. The maximum atomic E-state index is 13.2. The number of benzene rings is 2. The van der Waals surface area contributed by atoms with Crippen molar-refractivity contribution in [1.29, 1.82) is 0 Å². The van der Waals surface area contributed by atoms with Crippen LogP contribution in [0.25, 0.3) is 22.8 Å². The lowest BCUT2D eigenvalue weighted by atomic mass is 9.70. The number of carbonyl (C=O) groups is 2. The summed E-state index contributed by atoms with van der Waals surface area (Å²) < 4.78 is 0. The van der Waals surface area contributed by atoms with Gasteiger partial charge in [0.25, 0.3) is 0 Å². The van der Waals surface area contributed by atoms with Gasteiger partial charge in [0.1, 0.15) is 0 Å². The zero-order valence-electron chi connectivity index (χ0n) is 16.9. The van der Waals surface area contributed by atoms with Crippen molar-refractivity contribution in [3.05, 3.63) is 60.7 Å². The third-order valence-corrected chi connectivity index (χ3v) is 5.93. The van der Waals surface area contributed by atoms with Crippen molar-refractivity contribution in [3.63, 3.8) is 0 Å². The Hall–Kier alpha value is -3.41. The summed E-state index contributed by atoms with van der Waals surface area (Å²) in [7, 11) is 0. The minimum absolute atomic E-state index is 0.0614. The Labute approximate surface area is 169 Å². The van der Waals surface area contributed by atoms with E-state index in [9.17, 15) is 9.59 Å². The summed E-state index contributed by atoms with van der Waals surface area (Å²) in [6, 6.07) is 18.9. The third kappa shape index (κ3) is 2.92.